The Hall–Kier alpha value is -4.38. The van der Waals surface area contributed by atoms with Gasteiger partial charge in [0, 0.05) is 23.6 Å². The van der Waals surface area contributed by atoms with E-state index in [1.807, 2.05) is 36.4 Å². The van der Waals surface area contributed by atoms with Gasteiger partial charge < -0.3 is 23.3 Å². The van der Waals surface area contributed by atoms with E-state index in [1.165, 1.54) is 0 Å². The number of rotatable bonds is 11. The number of ether oxygens (including phenoxy) is 2. The number of methoxy groups -OCH3 is 2. The molecule has 0 radical (unpaired) electrons. The van der Waals surface area contributed by atoms with Gasteiger partial charge in [-0.3, -0.25) is 9.69 Å². The summed E-state index contributed by atoms with van der Waals surface area (Å²) in [6.07, 6.45) is 3.26. The minimum atomic E-state index is -0.231. The maximum Gasteiger partial charge on any atom is 0.252 e. The molecule has 1 N–H and O–H groups in total. The first-order chi connectivity index (χ1) is 18.5. The Morgan fingerprint density at radius 2 is 1.71 bits per heavy atom. The van der Waals surface area contributed by atoms with Gasteiger partial charge in [-0.15, -0.1) is 5.10 Å². The third-order valence-corrected chi connectivity index (χ3v) is 6.47. The molecule has 0 saturated carbocycles. The van der Waals surface area contributed by atoms with Gasteiger partial charge in [0.15, 0.2) is 17.3 Å². The summed E-state index contributed by atoms with van der Waals surface area (Å²) in [6, 6.07) is 12.8. The second-order valence-corrected chi connectivity index (χ2v) is 9.37. The lowest BCUT2D eigenvalue weighted by Gasteiger charge is -2.32. The van der Waals surface area contributed by atoms with E-state index in [4.69, 9.17) is 18.3 Å². The minimum absolute atomic E-state index is 0.107. The van der Waals surface area contributed by atoms with E-state index in [2.05, 4.69) is 39.3 Å². The van der Waals surface area contributed by atoms with Crippen molar-refractivity contribution in [1.29, 1.82) is 0 Å². The van der Waals surface area contributed by atoms with Crippen molar-refractivity contribution in [3.8, 4) is 11.5 Å². The quantitative estimate of drug-likeness (QED) is 0.274. The largest absolute Gasteiger partial charge is 0.493 e. The first-order valence-corrected chi connectivity index (χ1v) is 12.3. The van der Waals surface area contributed by atoms with Crippen LogP contribution in [0, 0.1) is 5.92 Å². The molecule has 198 valence electrons. The fraction of sp³-hybridized carbons (Fsp3) is 0.333. The topological polar surface area (TPSA) is 124 Å². The fourth-order valence-electron chi connectivity index (χ4n) is 4.74. The molecule has 0 saturated heterocycles. The standard InChI is InChI=1S/C27H30N6O5/c1-17(2)25(26-29-30-31-33(26)16-21-8-6-10-38-21)32(15-20-7-5-9-37-20)14-19-11-18-12-23(35-3)24(36-4)13-22(18)28-27(19)34/h5-13,17,25H,14-16H2,1-4H3,(H,28,34)/t25-/m0/s1. The summed E-state index contributed by atoms with van der Waals surface area (Å²) in [5.74, 6) is 3.42. The Labute approximate surface area is 219 Å². The van der Waals surface area contributed by atoms with Crippen LogP contribution in [0.2, 0.25) is 0 Å². The van der Waals surface area contributed by atoms with Crippen LogP contribution in [0.3, 0.4) is 0 Å². The summed E-state index contributed by atoms with van der Waals surface area (Å²) >= 11 is 0. The van der Waals surface area contributed by atoms with Crippen molar-refractivity contribution in [2.75, 3.05) is 14.2 Å². The number of aromatic amines is 1. The average molecular weight is 519 g/mol. The van der Waals surface area contributed by atoms with Crippen LogP contribution in [0.15, 0.2) is 68.6 Å². The van der Waals surface area contributed by atoms with Crippen molar-refractivity contribution in [3.63, 3.8) is 0 Å². The van der Waals surface area contributed by atoms with Crippen LogP contribution in [0.5, 0.6) is 11.5 Å². The number of hydrogen-bond acceptors (Lipinski definition) is 9. The summed E-state index contributed by atoms with van der Waals surface area (Å²) in [4.78, 5) is 18.4. The van der Waals surface area contributed by atoms with E-state index < -0.39 is 0 Å². The smallest absolute Gasteiger partial charge is 0.252 e. The predicted molar refractivity (Wildman–Crippen MR) is 139 cm³/mol. The van der Waals surface area contributed by atoms with Crippen LogP contribution >= 0.6 is 0 Å². The molecule has 11 nitrogen and oxygen atoms in total. The molecule has 0 fully saturated rings. The van der Waals surface area contributed by atoms with Gasteiger partial charge in [0.1, 0.15) is 18.1 Å². The third kappa shape index (κ3) is 5.18. The summed E-state index contributed by atoms with van der Waals surface area (Å²) in [7, 11) is 3.15. The molecule has 0 unspecified atom stereocenters. The van der Waals surface area contributed by atoms with Crippen LogP contribution in [-0.2, 0) is 19.6 Å². The van der Waals surface area contributed by atoms with Gasteiger partial charge in [0.25, 0.3) is 5.56 Å². The number of furan rings is 2. The maximum atomic E-state index is 13.2. The van der Waals surface area contributed by atoms with Crippen molar-refractivity contribution < 1.29 is 18.3 Å². The SMILES string of the molecule is COc1cc2cc(CN(Cc3ccco3)[C@H](c3nnnn3Cc3ccco3)C(C)C)c(=O)[nH]c2cc1OC. The summed E-state index contributed by atoms with van der Waals surface area (Å²) in [5, 5.41) is 13.4. The molecule has 0 bridgehead atoms. The molecular formula is C27H30N6O5. The first kappa shape index (κ1) is 25.3. The lowest BCUT2D eigenvalue weighted by molar-refractivity contribution is 0.116. The lowest BCUT2D eigenvalue weighted by atomic mass is 10.00. The molecule has 0 spiro atoms. The number of nitrogens with zero attached hydrogens (tertiary/aromatic N) is 5. The van der Waals surface area contributed by atoms with E-state index in [-0.39, 0.29) is 17.5 Å². The Morgan fingerprint density at radius 1 is 1.00 bits per heavy atom. The van der Waals surface area contributed by atoms with Gasteiger partial charge >= 0.3 is 0 Å². The molecule has 0 amide bonds. The first-order valence-electron chi connectivity index (χ1n) is 12.3. The highest BCUT2D eigenvalue weighted by atomic mass is 16.5. The van der Waals surface area contributed by atoms with Gasteiger partial charge in [-0.1, -0.05) is 13.8 Å². The van der Waals surface area contributed by atoms with E-state index >= 15 is 0 Å². The van der Waals surface area contributed by atoms with Crippen molar-refractivity contribution in [2.24, 2.45) is 5.92 Å². The Morgan fingerprint density at radius 3 is 2.37 bits per heavy atom. The zero-order valence-corrected chi connectivity index (χ0v) is 21.7. The second-order valence-electron chi connectivity index (χ2n) is 9.37. The van der Waals surface area contributed by atoms with E-state index in [9.17, 15) is 4.79 Å². The Kier molecular flexibility index (Phi) is 7.27. The molecule has 0 aliphatic carbocycles. The van der Waals surface area contributed by atoms with E-state index in [0.717, 1.165) is 16.9 Å². The monoisotopic (exact) mass is 518 g/mol. The zero-order chi connectivity index (χ0) is 26.6. The van der Waals surface area contributed by atoms with Crippen LogP contribution in [0.25, 0.3) is 10.9 Å². The average Bonchev–Trinajstić information content (AvgIpc) is 3.69. The molecule has 11 heteroatoms. The summed E-state index contributed by atoms with van der Waals surface area (Å²) < 4.78 is 23.8. The molecule has 0 aliphatic heterocycles. The van der Waals surface area contributed by atoms with E-state index in [0.29, 0.717) is 48.0 Å². The number of tetrazole rings is 1. The number of pyridine rings is 1. The van der Waals surface area contributed by atoms with Gasteiger partial charge in [-0.2, -0.15) is 0 Å². The molecule has 0 aliphatic rings. The highest BCUT2D eigenvalue weighted by molar-refractivity contribution is 5.83. The predicted octanol–water partition coefficient (Wildman–Crippen LogP) is 4.17. The maximum absolute atomic E-state index is 13.2. The molecule has 1 aromatic carbocycles. The molecule has 4 heterocycles. The highest BCUT2D eigenvalue weighted by Crippen LogP contribution is 2.33. The molecule has 5 aromatic rings. The minimum Gasteiger partial charge on any atom is -0.493 e. The van der Waals surface area contributed by atoms with Crippen LogP contribution in [0.1, 0.15) is 42.8 Å². The third-order valence-electron chi connectivity index (χ3n) is 6.47. The van der Waals surface area contributed by atoms with Crippen LogP contribution in [0.4, 0.5) is 0 Å². The number of H-pyrrole nitrogens is 1. The molecule has 5 rings (SSSR count). The fourth-order valence-corrected chi connectivity index (χ4v) is 4.74. The number of nitrogens with one attached hydrogen (secondary N) is 1. The van der Waals surface area contributed by atoms with E-state index in [1.54, 1.807) is 37.5 Å². The van der Waals surface area contributed by atoms with Crippen molar-refractivity contribution in [2.45, 2.75) is 39.5 Å². The molecular weight excluding hydrogens is 488 g/mol. The number of fused-ring (bicyclic) bond motifs is 1. The van der Waals surface area contributed by atoms with Crippen LogP contribution < -0.4 is 15.0 Å². The van der Waals surface area contributed by atoms with Crippen molar-refractivity contribution in [3.05, 3.63) is 88.3 Å². The van der Waals surface area contributed by atoms with Gasteiger partial charge in [-0.25, -0.2) is 4.68 Å². The Balaban J connectivity index is 1.55. The van der Waals surface area contributed by atoms with Crippen LogP contribution in [-0.4, -0.2) is 44.3 Å². The van der Waals surface area contributed by atoms with Gasteiger partial charge in [0.05, 0.1) is 44.8 Å². The molecule has 1 atom stereocenters. The van der Waals surface area contributed by atoms with Gasteiger partial charge in [-0.05, 0) is 52.7 Å². The lowest BCUT2D eigenvalue weighted by Crippen LogP contribution is -2.35. The summed E-state index contributed by atoms with van der Waals surface area (Å²) in [6.45, 7) is 5.38. The van der Waals surface area contributed by atoms with Crippen molar-refractivity contribution in [1.82, 2.24) is 30.1 Å². The molecule has 4 aromatic heterocycles. The zero-order valence-electron chi connectivity index (χ0n) is 21.7. The summed E-state index contributed by atoms with van der Waals surface area (Å²) in [5.41, 5.74) is 1.07. The molecule has 38 heavy (non-hydrogen) atoms. The Bertz CT molecular complexity index is 1540. The second kappa shape index (κ2) is 10.9. The number of hydrogen-bond donors (Lipinski definition) is 1. The highest BCUT2D eigenvalue weighted by Gasteiger charge is 2.31. The van der Waals surface area contributed by atoms with Crippen molar-refractivity contribution >= 4 is 10.9 Å². The number of aromatic nitrogens is 5. The van der Waals surface area contributed by atoms with Gasteiger partial charge in [0.2, 0.25) is 0 Å². The number of benzene rings is 1. The normalized spacial score (nSPS) is 12.5.